The van der Waals surface area contributed by atoms with E-state index >= 15 is 0 Å². The summed E-state index contributed by atoms with van der Waals surface area (Å²) in [7, 11) is 0. The first-order valence-corrected chi connectivity index (χ1v) is 7.72. The fourth-order valence-electron chi connectivity index (χ4n) is 2.11. The molecular weight excluding hydrogens is 360 g/mol. The number of amides is 1. The normalized spacial score (nSPS) is 10.1. The molecule has 0 heterocycles. The van der Waals surface area contributed by atoms with Crippen molar-refractivity contribution in [3.63, 3.8) is 0 Å². The van der Waals surface area contributed by atoms with E-state index in [4.69, 9.17) is 9.47 Å². The molecule has 0 saturated heterocycles. The van der Waals surface area contributed by atoms with E-state index in [1.807, 2.05) is 0 Å². The number of phenols is 2. The number of hydrogen-bond acceptors (Lipinski definition) is 8. The molecule has 0 saturated carbocycles. The van der Waals surface area contributed by atoms with Crippen LogP contribution in [0.3, 0.4) is 0 Å². The summed E-state index contributed by atoms with van der Waals surface area (Å²) in [5.74, 6) is -2.29. The third-order valence-electron chi connectivity index (χ3n) is 3.29. The topological polar surface area (TPSA) is 148 Å². The van der Waals surface area contributed by atoms with E-state index in [0.29, 0.717) is 6.61 Å². The SMILES string of the molecule is CCOc1ccc(NC(=O)COC(=O)c2ccc(O)cc2O)c([N+](=O)[O-])c1. The summed E-state index contributed by atoms with van der Waals surface area (Å²) in [4.78, 5) is 34.2. The summed E-state index contributed by atoms with van der Waals surface area (Å²) in [5.41, 5.74) is -0.707. The maximum Gasteiger partial charge on any atom is 0.342 e. The number of nitrogens with zero attached hydrogens (tertiary/aromatic N) is 1. The Morgan fingerprint density at radius 2 is 1.93 bits per heavy atom. The van der Waals surface area contributed by atoms with E-state index in [1.165, 1.54) is 24.3 Å². The van der Waals surface area contributed by atoms with Gasteiger partial charge < -0.3 is 25.0 Å². The van der Waals surface area contributed by atoms with Crippen molar-refractivity contribution in [3.05, 3.63) is 52.1 Å². The van der Waals surface area contributed by atoms with Crippen molar-refractivity contribution in [2.75, 3.05) is 18.5 Å². The minimum Gasteiger partial charge on any atom is -0.508 e. The van der Waals surface area contributed by atoms with Crippen molar-refractivity contribution in [2.45, 2.75) is 6.92 Å². The smallest absolute Gasteiger partial charge is 0.342 e. The van der Waals surface area contributed by atoms with Crippen LogP contribution in [-0.4, -0.2) is 40.2 Å². The molecule has 0 aliphatic rings. The molecule has 2 aromatic rings. The van der Waals surface area contributed by atoms with Crippen LogP contribution in [0.1, 0.15) is 17.3 Å². The highest BCUT2D eigenvalue weighted by atomic mass is 16.6. The Morgan fingerprint density at radius 1 is 1.19 bits per heavy atom. The molecule has 2 aromatic carbocycles. The second-order valence-electron chi connectivity index (χ2n) is 5.19. The van der Waals surface area contributed by atoms with Gasteiger partial charge in [-0.05, 0) is 31.2 Å². The van der Waals surface area contributed by atoms with Gasteiger partial charge in [-0.3, -0.25) is 14.9 Å². The van der Waals surface area contributed by atoms with E-state index in [9.17, 15) is 29.9 Å². The minimum atomic E-state index is -0.996. The summed E-state index contributed by atoms with van der Waals surface area (Å²) < 4.78 is 9.93. The minimum absolute atomic E-state index is 0.0861. The summed E-state index contributed by atoms with van der Waals surface area (Å²) in [5, 5.41) is 32.2. The van der Waals surface area contributed by atoms with Gasteiger partial charge in [0, 0.05) is 6.07 Å². The van der Waals surface area contributed by atoms with Crippen LogP contribution in [0.15, 0.2) is 36.4 Å². The lowest BCUT2D eigenvalue weighted by Gasteiger charge is -2.09. The molecule has 0 aliphatic carbocycles. The van der Waals surface area contributed by atoms with Crippen LogP contribution < -0.4 is 10.1 Å². The van der Waals surface area contributed by atoms with Crippen LogP contribution in [0, 0.1) is 10.1 Å². The predicted octanol–water partition coefficient (Wildman–Crippen LogP) is 2.20. The number of nitro benzene ring substituents is 1. The molecule has 142 valence electrons. The molecule has 0 aliphatic heterocycles. The first kappa shape index (κ1) is 19.5. The van der Waals surface area contributed by atoms with Crippen molar-refractivity contribution < 1.29 is 34.2 Å². The van der Waals surface area contributed by atoms with E-state index in [0.717, 1.165) is 12.1 Å². The fourth-order valence-corrected chi connectivity index (χ4v) is 2.11. The number of carbonyl (C=O) groups excluding carboxylic acids is 2. The van der Waals surface area contributed by atoms with E-state index in [2.05, 4.69) is 5.32 Å². The maximum atomic E-state index is 11.9. The Labute approximate surface area is 153 Å². The van der Waals surface area contributed by atoms with Crippen molar-refractivity contribution in [1.29, 1.82) is 0 Å². The lowest BCUT2D eigenvalue weighted by molar-refractivity contribution is -0.384. The second kappa shape index (κ2) is 8.52. The standard InChI is InChI=1S/C17H16N2O8/c1-2-26-11-4-6-13(14(8-11)19(24)25)18-16(22)9-27-17(23)12-5-3-10(20)7-15(12)21/h3-8,20-21H,2,9H2,1H3,(H,18,22). The van der Waals surface area contributed by atoms with E-state index in [1.54, 1.807) is 6.92 Å². The van der Waals surface area contributed by atoms with Crippen LogP contribution in [0.4, 0.5) is 11.4 Å². The number of esters is 1. The summed E-state index contributed by atoms with van der Waals surface area (Å²) >= 11 is 0. The van der Waals surface area contributed by atoms with Crippen LogP contribution in [0.25, 0.3) is 0 Å². The number of phenolic OH excluding ortho intramolecular Hbond substituents is 2. The van der Waals surface area contributed by atoms with Crippen LogP contribution >= 0.6 is 0 Å². The molecule has 0 spiro atoms. The summed E-state index contributed by atoms with van der Waals surface area (Å²) in [6.07, 6.45) is 0. The van der Waals surface area contributed by atoms with Gasteiger partial charge in [-0.2, -0.15) is 0 Å². The summed E-state index contributed by atoms with van der Waals surface area (Å²) in [6, 6.07) is 7.16. The average molecular weight is 376 g/mol. The molecule has 0 atom stereocenters. The van der Waals surface area contributed by atoms with Gasteiger partial charge in [-0.1, -0.05) is 0 Å². The third-order valence-corrected chi connectivity index (χ3v) is 3.29. The molecular formula is C17H16N2O8. The fraction of sp³-hybridized carbons (Fsp3) is 0.176. The van der Waals surface area contributed by atoms with Gasteiger partial charge in [0.1, 0.15) is 28.5 Å². The molecule has 2 rings (SSSR count). The van der Waals surface area contributed by atoms with Gasteiger partial charge in [0.05, 0.1) is 17.6 Å². The number of benzene rings is 2. The monoisotopic (exact) mass is 376 g/mol. The van der Waals surface area contributed by atoms with Crippen LogP contribution in [-0.2, 0) is 9.53 Å². The largest absolute Gasteiger partial charge is 0.508 e. The molecule has 10 nitrogen and oxygen atoms in total. The van der Waals surface area contributed by atoms with Gasteiger partial charge in [-0.15, -0.1) is 0 Å². The number of nitro groups is 1. The maximum absolute atomic E-state index is 11.9. The molecule has 0 fully saturated rings. The third kappa shape index (κ3) is 5.08. The van der Waals surface area contributed by atoms with Gasteiger partial charge in [0.2, 0.25) is 0 Å². The van der Waals surface area contributed by atoms with Gasteiger partial charge in [0.15, 0.2) is 6.61 Å². The Hall–Kier alpha value is -3.82. The Morgan fingerprint density at radius 3 is 2.56 bits per heavy atom. The number of ether oxygens (including phenoxy) is 2. The van der Waals surface area contributed by atoms with E-state index in [-0.39, 0.29) is 28.4 Å². The van der Waals surface area contributed by atoms with Crippen molar-refractivity contribution >= 4 is 23.3 Å². The molecule has 1 amide bonds. The number of aromatic hydroxyl groups is 2. The molecule has 27 heavy (non-hydrogen) atoms. The highest BCUT2D eigenvalue weighted by Crippen LogP contribution is 2.29. The lowest BCUT2D eigenvalue weighted by Crippen LogP contribution is -2.21. The van der Waals surface area contributed by atoms with Crippen LogP contribution in [0.5, 0.6) is 17.2 Å². The average Bonchev–Trinajstić information content (AvgIpc) is 2.61. The zero-order valence-electron chi connectivity index (χ0n) is 14.2. The highest BCUT2D eigenvalue weighted by Gasteiger charge is 2.19. The first-order valence-electron chi connectivity index (χ1n) is 7.72. The number of anilines is 1. The molecule has 0 unspecified atom stereocenters. The van der Waals surface area contributed by atoms with Crippen molar-refractivity contribution in [3.8, 4) is 17.2 Å². The lowest BCUT2D eigenvalue weighted by atomic mass is 10.2. The number of rotatable bonds is 7. The van der Waals surface area contributed by atoms with Crippen LogP contribution in [0.2, 0.25) is 0 Å². The first-order chi connectivity index (χ1) is 12.8. The van der Waals surface area contributed by atoms with Gasteiger partial charge in [0.25, 0.3) is 11.6 Å². The number of nitrogens with one attached hydrogen (secondary N) is 1. The molecule has 0 radical (unpaired) electrons. The second-order valence-corrected chi connectivity index (χ2v) is 5.19. The number of carbonyl (C=O) groups is 2. The molecule has 3 N–H and O–H groups in total. The molecule has 0 bridgehead atoms. The quantitative estimate of drug-likeness (QED) is 0.378. The zero-order chi connectivity index (χ0) is 20.0. The molecule has 10 heteroatoms. The Balaban J connectivity index is 2.03. The Kier molecular flexibility index (Phi) is 6.15. The zero-order valence-corrected chi connectivity index (χ0v) is 14.2. The van der Waals surface area contributed by atoms with Gasteiger partial charge in [-0.25, -0.2) is 4.79 Å². The Bertz CT molecular complexity index is 881. The number of hydrogen-bond donors (Lipinski definition) is 3. The van der Waals surface area contributed by atoms with E-state index < -0.39 is 29.2 Å². The highest BCUT2D eigenvalue weighted by molar-refractivity contribution is 5.97. The molecule has 0 aromatic heterocycles. The van der Waals surface area contributed by atoms with Crippen molar-refractivity contribution in [1.82, 2.24) is 0 Å². The predicted molar refractivity (Wildman–Crippen MR) is 92.9 cm³/mol. The van der Waals surface area contributed by atoms with Crippen molar-refractivity contribution in [2.24, 2.45) is 0 Å². The van der Waals surface area contributed by atoms with Gasteiger partial charge >= 0.3 is 5.97 Å². The summed E-state index contributed by atoms with van der Waals surface area (Å²) in [6.45, 7) is 1.31.